The summed E-state index contributed by atoms with van der Waals surface area (Å²) in [6.07, 6.45) is 0.809. The van der Waals surface area contributed by atoms with Crippen LogP contribution >= 0.6 is 0 Å². The monoisotopic (exact) mass is 366 g/mol. The van der Waals surface area contributed by atoms with Gasteiger partial charge in [0.15, 0.2) is 0 Å². The van der Waals surface area contributed by atoms with Crippen molar-refractivity contribution < 1.29 is 23.5 Å². The smallest absolute Gasteiger partial charge is 0.339 e. The molecule has 1 heterocycles. The van der Waals surface area contributed by atoms with Crippen LogP contribution in [0, 0.1) is 0 Å². The molecule has 0 saturated carbocycles. The zero-order valence-corrected chi connectivity index (χ0v) is 15.0. The average molecular weight is 366 g/mol. The molecule has 0 aliphatic heterocycles. The Morgan fingerprint density at radius 1 is 1.00 bits per heavy atom. The number of hydrogen-bond acceptors (Lipinski definition) is 6. The maximum Gasteiger partial charge on any atom is 0.339 e. The molecule has 3 aromatic rings. The second-order valence-corrected chi connectivity index (χ2v) is 5.89. The van der Waals surface area contributed by atoms with Gasteiger partial charge in [-0.1, -0.05) is 31.2 Å². The van der Waals surface area contributed by atoms with E-state index in [9.17, 15) is 14.4 Å². The van der Waals surface area contributed by atoms with Crippen molar-refractivity contribution in [3.63, 3.8) is 0 Å². The number of aryl methyl sites for hydroxylation is 1. The molecule has 0 saturated heterocycles. The highest BCUT2D eigenvalue weighted by molar-refractivity contribution is 6.03. The molecule has 1 aromatic heterocycles. The maximum atomic E-state index is 12.4. The van der Waals surface area contributed by atoms with Crippen molar-refractivity contribution >= 4 is 22.9 Å². The highest BCUT2D eigenvalue weighted by atomic mass is 16.5. The highest BCUT2D eigenvalue weighted by Crippen LogP contribution is 2.21. The number of benzene rings is 2. The minimum absolute atomic E-state index is 0.102. The van der Waals surface area contributed by atoms with E-state index < -0.39 is 17.6 Å². The molecule has 0 radical (unpaired) electrons. The number of methoxy groups -OCH3 is 1. The largest absolute Gasteiger partial charge is 0.465 e. The van der Waals surface area contributed by atoms with Gasteiger partial charge < -0.3 is 13.9 Å². The molecule has 0 aliphatic carbocycles. The van der Waals surface area contributed by atoms with Gasteiger partial charge in [-0.15, -0.1) is 0 Å². The van der Waals surface area contributed by atoms with Crippen LogP contribution in [0.2, 0.25) is 0 Å². The van der Waals surface area contributed by atoms with Gasteiger partial charge >= 0.3 is 17.6 Å². The summed E-state index contributed by atoms with van der Waals surface area (Å²) in [4.78, 5) is 36.1. The van der Waals surface area contributed by atoms with Gasteiger partial charge in [0.2, 0.25) is 0 Å². The molecule has 0 amide bonds. The van der Waals surface area contributed by atoms with Gasteiger partial charge in [-0.2, -0.15) is 0 Å². The molecule has 0 N–H and O–H groups in total. The summed E-state index contributed by atoms with van der Waals surface area (Å²) >= 11 is 0. The summed E-state index contributed by atoms with van der Waals surface area (Å²) in [6, 6.07) is 13.1. The quantitative estimate of drug-likeness (QED) is 0.508. The van der Waals surface area contributed by atoms with E-state index in [0.29, 0.717) is 16.5 Å². The molecule has 27 heavy (non-hydrogen) atoms. The summed E-state index contributed by atoms with van der Waals surface area (Å²) in [5.41, 5.74) is 1.72. The molecule has 3 rings (SSSR count). The Morgan fingerprint density at radius 3 is 2.37 bits per heavy atom. The van der Waals surface area contributed by atoms with E-state index >= 15 is 0 Å². The van der Waals surface area contributed by atoms with Crippen LogP contribution in [0.5, 0.6) is 0 Å². The van der Waals surface area contributed by atoms with Gasteiger partial charge in [-0.05, 0) is 30.2 Å². The van der Waals surface area contributed by atoms with Crippen LogP contribution < -0.4 is 5.63 Å². The van der Waals surface area contributed by atoms with Crippen molar-refractivity contribution in [1.82, 2.24) is 0 Å². The number of carbonyl (C=O) groups excluding carboxylic acids is 2. The van der Waals surface area contributed by atoms with E-state index in [-0.39, 0.29) is 17.7 Å². The predicted molar refractivity (Wildman–Crippen MR) is 98.8 cm³/mol. The van der Waals surface area contributed by atoms with Crippen LogP contribution in [0.4, 0.5) is 0 Å². The second-order valence-electron chi connectivity index (χ2n) is 5.89. The van der Waals surface area contributed by atoms with Crippen molar-refractivity contribution in [3.8, 4) is 0 Å². The predicted octanol–water partition coefficient (Wildman–Crippen LogP) is 3.50. The zero-order chi connectivity index (χ0) is 19.4. The third kappa shape index (κ3) is 3.89. The van der Waals surface area contributed by atoms with Crippen LogP contribution in [0.1, 0.15) is 38.8 Å². The normalized spacial score (nSPS) is 10.6. The fourth-order valence-corrected chi connectivity index (χ4v) is 2.78. The van der Waals surface area contributed by atoms with E-state index in [1.165, 1.54) is 25.3 Å². The molecule has 0 unspecified atom stereocenters. The summed E-state index contributed by atoms with van der Waals surface area (Å²) in [7, 11) is 1.24. The average Bonchev–Trinajstić information content (AvgIpc) is 2.70. The fraction of sp³-hybridized carbons (Fsp3) is 0.190. The van der Waals surface area contributed by atoms with E-state index in [4.69, 9.17) is 9.15 Å². The number of ether oxygens (including phenoxy) is 2. The SMILES string of the molecule is CCc1ccc2c(COC(=O)c3ccccc3C(=O)OC)cc(=O)oc2c1. The van der Waals surface area contributed by atoms with Crippen molar-refractivity contribution in [2.24, 2.45) is 0 Å². The third-order valence-corrected chi connectivity index (χ3v) is 4.21. The van der Waals surface area contributed by atoms with Crippen molar-refractivity contribution in [3.05, 3.63) is 81.2 Å². The Bertz CT molecular complexity index is 1060. The Morgan fingerprint density at radius 2 is 1.70 bits per heavy atom. The zero-order valence-electron chi connectivity index (χ0n) is 15.0. The lowest BCUT2D eigenvalue weighted by Gasteiger charge is -2.10. The molecule has 0 bridgehead atoms. The minimum atomic E-state index is -0.678. The Labute approximate surface area is 155 Å². The van der Waals surface area contributed by atoms with Gasteiger partial charge in [-0.25, -0.2) is 14.4 Å². The van der Waals surface area contributed by atoms with Gasteiger partial charge in [0.1, 0.15) is 12.2 Å². The van der Waals surface area contributed by atoms with E-state index in [1.807, 2.05) is 19.1 Å². The van der Waals surface area contributed by atoms with Crippen LogP contribution in [0.25, 0.3) is 11.0 Å². The summed E-state index contributed by atoms with van der Waals surface area (Å²) in [5, 5.41) is 0.695. The molecule has 0 fully saturated rings. The van der Waals surface area contributed by atoms with Crippen LogP contribution in [-0.2, 0) is 22.5 Å². The summed E-state index contributed by atoms with van der Waals surface area (Å²) in [6.45, 7) is 1.88. The third-order valence-electron chi connectivity index (χ3n) is 4.21. The Hall–Kier alpha value is -3.41. The first kappa shape index (κ1) is 18.4. The van der Waals surface area contributed by atoms with Crippen molar-refractivity contribution in [2.75, 3.05) is 7.11 Å². The first-order valence-electron chi connectivity index (χ1n) is 8.43. The topological polar surface area (TPSA) is 82.8 Å². The summed E-state index contributed by atoms with van der Waals surface area (Å²) in [5.74, 6) is -1.30. The molecule has 6 nitrogen and oxygen atoms in total. The molecular weight excluding hydrogens is 348 g/mol. The van der Waals surface area contributed by atoms with Crippen LogP contribution in [0.15, 0.2) is 57.7 Å². The standard InChI is InChI=1S/C21H18O6/c1-3-13-8-9-15-14(11-19(22)27-18(15)10-13)12-26-21(24)17-7-5-4-6-16(17)20(23)25-2/h4-11H,3,12H2,1-2H3. The molecule has 2 aromatic carbocycles. The lowest BCUT2D eigenvalue weighted by molar-refractivity contribution is 0.0458. The summed E-state index contributed by atoms with van der Waals surface area (Å²) < 4.78 is 15.3. The van der Waals surface area contributed by atoms with Crippen molar-refractivity contribution in [1.29, 1.82) is 0 Å². The van der Waals surface area contributed by atoms with Crippen LogP contribution in [0.3, 0.4) is 0 Å². The molecule has 0 aliphatic rings. The lowest BCUT2D eigenvalue weighted by Crippen LogP contribution is -2.13. The Balaban J connectivity index is 1.88. The van der Waals surface area contributed by atoms with E-state index in [0.717, 1.165) is 12.0 Å². The van der Waals surface area contributed by atoms with Gasteiger partial charge in [0, 0.05) is 17.0 Å². The van der Waals surface area contributed by atoms with Crippen molar-refractivity contribution in [2.45, 2.75) is 20.0 Å². The number of rotatable bonds is 5. The molecule has 138 valence electrons. The molecule has 0 spiro atoms. The van der Waals surface area contributed by atoms with Crippen LogP contribution in [-0.4, -0.2) is 19.0 Å². The first-order chi connectivity index (χ1) is 13.0. The first-order valence-corrected chi connectivity index (χ1v) is 8.43. The second kappa shape index (κ2) is 7.86. The molecular formula is C21H18O6. The van der Waals surface area contributed by atoms with E-state index in [1.54, 1.807) is 18.2 Å². The Kier molecular flexibility index (Phi) is 5.35. The number of hydrogen-bond donors (Lipinski definition) is 0. The fourth-order valence-electron chi connectivity index (χ4n) is 2.78. The molecule has 6 heteroatoms. The molecule has 0 atom stereocenters. The van der Waals surface area contributed by atoms with Gasteiger partial charge in [0.25, 0.3) is 0 Å². The minimum Gasteiger partial charge on any atom is -0.465 e. The number of fused-ring (bicyclic) bond motifs is 1. The highest BCUT2D eigenvalue weighted by Gasteiger charge is 2.19. The van der Waals surface area contributed by atoms with E-state index in [2.05, 4.69) is 4.74 Å². The number of esters is 2. The lowest BCUT2D eigenvalue weighted by atomic mass is 10.1. The number of carbonyl (C=O) groups is 2. The van der Waals surface area contributed by atoms with Gasteiger partial charge in [0.05, 0.1) is 18.2 Å². The van der Waals surface area contributed by atoms with Gasteiger partial charge in [-0.3, -0.25) is 0 Å². The maximum absolute atomic E-state index is 12.4.